The number of rotatable bonds is 5. The minimum absolute atomic E-state index is 0.578. The molecular formula is C17H26N2O. The molecule has 0 amide bonds. The summed E-state index contributed by atoms with van der Waals surface area (Å²) in [4.78, 5) is 2.39. The van der Waals surface area contributed by atoms with Crippen molar-refractivity contribution < 1.29 is 4.74 Å². The van der Waals surface area contributed by atoms with Crippen LogP contribution in [-0.2, 0) is 4.74 Å². The van der Waals surface area contributed by atoms with Crippen LogP contribution in [0.25, 0.3) is 0 Å². The number of anilines is 2. The first-order chi connectivity index (χ1) is 9.81. The number of benzene rings is 1. The quantitative estimate of drug-likeness (QED) is 0.889. The summed E-state index contributed by atoms with van der Waals surface area (Å²) in [5, 5.41) is 3.63. The average molecular weight is 274 g/mol. The van der Waals surface area contributed by atoms with Gasteiger partial charge in [-0.15, -0.1) is 0 Å². The van der Waals surface area contributed by atoms with Crippen molar-refractivity contribution in [1.82, 2.24) is 0 Å². The second kappa shape index (κ2) is 6.49. The highest BCUT2D eigenvalue weighted by atomic mass is 16.5. The molecule has 2 aliphatic rings. The van der Waals surface area contributed by atoms with Gasteiger partial charge in [0.15, 0.2) is 0 Å². The summed E-state index contributed by atoms with van der Waals surface area (Å²) in [5.74, 6) is 0.963. The SMILES string of the molecule is CC(CC1CCC1)Nc1ccc(N2CCOCC2)cc1. The normalized spacial score (nSPS) is 21.4. The minimum atomic E-state index is 0.578. The lowest BCUT2D eigenvalue weighted by Gasteiger charge is -2.30. The van der Waals surface area contributed by atoms with Crippen LogP contribution in [0.3, 0.4) is 0 Å². The van der Waals surface area contributed by atoms with Crippen LogP contribution in [0.4, 0.5) is 11.4 Å². The Labute approximate surface area is 122 Å². The van der Waals surface area contributed by atoms with Gasteiger partial charge in [-0.2, -0.15) is 0 Å². The van der Waals surface area contributed by atoms with Gasteiger partial charge in [0.1, 0.15) is 0 Å². The summed E-state index contributed by atoms with van der Waals surface area (Å²) >= 11 is 0. The first kappa shape index (κ1) is 13.7. The van der Waals surface area contributed by atoms with E-state index in [1.54, 1.807) is 0 Å². The van der Waals surface area contributed by atoms with Gasteiger partial charge in [-0.25, -0.2) is 0 Å². The maximum atomic E-state index is 5.40. The zero-order chi connectivity index (χ0) is 13.8. The molecule has 3 nitrogen and oxygen atoms in total. The smallest absolute Gasteiger partial charge is 0.0642 e. The van der Waals surface area contributed by atoms with Crippen LogP contribution in [0.5, 0.6) is 0 Å². The Bertz CT molecular complexity index is 408. The second-order valence-corrected chi connectivity index (χ2v) is 6.22. The van der Waals surface area contributed by atoms with E-state index >= 15 is 0 Å². The fourth-order valence-corrected chi connectivity index (χ4v) is 3.16. The van der Waals surface area contributed by atoms with Crippen molar-refractivity contribution in [3.05, 3.63) is 24.3 Å². The van der Waals surface area contributed by atoms with Crippen molar-refractivity contribution in [3.8, 4) is 0 Å². The maximum absolute atomic E-state index is 5.40. The maximum Gasteiger partial charge on any atom is 0.0642 e. The van der Waals surface area contributed by atoms with Crippen LogP contribution in [-0.4, -0.2) is 32.3 Å². The lowest BCUT2D eigenvalue weighted by molar-refractivity contribution is 0.122. The van der Waals surface area contributed by atoms with Crippen LogP contribution < -0.4 is 10.2 Å². The summed E-state index contributed by atoms with van der Waals surface area (Å²) in [6.07, 6.45) is 5.61. The third-order valence-electron chi connectivity index (χ3n) is 4.57. The first-order valence-corrected chi connectivity index (χ1v) is 8.00. The van der Waals surface area contributed by atoms with Gasteiger partial charge in [-0.3, -0.25) is 0 Å². The Hall–Kier alpha value is -1.22. The molecule has 1 atom stereocenters. The molecule has 3 heteroatoms. The third-order valence-corrected chi connectivity index (χ3v) is 4.57. The van der Waals surface area contributed by atoms with Gasteiger partial charge < -0.3 is 15.0 Å². The standard InChI is InChI=1S/C17H26N2O/c1-14(13-15-3-2-4-15)18-16-5-7-17(8-6-16)19-9-11-20-12-10-19/h5-8,14-15,18H,2-4,9-13H2,1H3. The highest BCUT2D eigenvalue weighted by Crippen LogP contribution is 2.31. The number of nitrogens with zero attached hydrogens (tertiary/aromatic N) is 1. The largest absolute Gasteiger partial charge is 0.383 e. The third kappa shape index (κ3) is 3.45. The van der Waals surface area contributed by atoms with Crippen molar-refractivity contribution >= 4 is 11.4 Å². The summed E-state index contributed by atoms with van der Waals surface area (Å²) < 4.78 is 5.40. The van der Waals surface area contributed by atoms with E-state index in [0.717, 1.165) is 32.2 Å². The molecule has 20 heavy (non-hydrogen) atoms. The van der Waals surface area contributed by atoms with Crippen LogP contribution in [0.1, 0.15) is 32.6 Å². The molecule has 1 aliphatic heterocycles. The molecule has 1 saturated carbocycles. The summed E-state index contributed by atoms with van der Waals surface area (Å²) in [6, 6.07) is 9.45. The molecule has 1 aromatic rings. The Morgan fingerprint density at radius 2 is 1.90 bits per heavy atom. The van der Waals surface area contributed by atoms with Gasteiger partial charge in [0.05, 0.1) is 13.2 Å². The van der Waals surface area contributed by atoms with Gasteiger partial charge in [-0.1, -0.05) is 19.3 Å². The Morgan fingerprint density at radius 1 is 1.20 bits per heavy atom. The highest BCUT2D eigenvalue weighted by Gasteiger charge is 2.19. The van der Waals surface area contributed by atoms with Gasteiger partial charge in [0.2, 0.25) is 0 Å². The molecule has 1 aromatic carbocycles. The van der Waals surface area contributed by atoms with Gasteiger partial charge >= 0.3 is 0 Å². The first-order valence-electron chi connectivity index (χ1n) is 8.00. The van der Waals surface area contributed by atoms with Crippen molar-refractivity contribution in [2.24, 2.45) is 5.92 Å². The van der Waals surface area contributed by atoms with Gasteiger partial charge in [-0.05, 0) is 43.5 Å². The van der Waals surface area contributed by atoms with Crippen molar-refractivity contribution in [2.45, 2.75) is 38.6 Å². The molecule has 0 spiro atoms. The van der Waals surface area contributed by atoms with E-state index in [2.05, 4.69) is 41.4 Å². The van der Waals surface area contributed by atoms with E-state index in [-0.39, 0.29) is 0 Å². The van der Waals surface area contributed by atoms with Gasteiger partial charge in [0.25, 0.3) is 0 Å². The molecule has 0 radical (unpaired) electrons. The zero-order valence-electron chi connectivity index (χ0n) is 12.5. The van der Waals surface area contributed by atoms with E-state index in [1.807, 2.05) is 0 Å². The summed E-state index contributed by atoms with van der Waals surface area (Å²) in [7, 11) is 0. The molecule has 2 fully saturated rings. The molecular weight excluding hydrogens is 248 g/mol. The van der Waals surface area contributed by atoms with Crippen LogP contribution in [0.15, 0.2) is 24.3 Å². The van der Waals surface area contributed by atoms with E-state index in [1.165, 1.54) is 37.1 Å². The lowest BCUT2D eigenvalue weighted by atomic mass is 9.81. The molecule has 1 heterocycles. The van der Waals surface area contributed by atoms with Gasteiger partial charge in [0, 0.05) is 30.5 Å². The predicted octanol–water partition coefficient (Wildman–Crippen LogP) is 3.51. The summed E-state index contributed by atoms with van der Waals surface area (Å²) in [6.45, 7) is 6.00. The van der Waals surface area contributed by atoms with Crippen LogP contribution in [0, 0.1) is 5.92 Å². The molecule has 0 bridgehead atoms. The second-order valence-electron chi connectivity index (χ2n) is 6.22. The van der Waals surface area contributed by atoms with E-state index < -0.39 is 0 Å². The Morgan fingerprint density at radius 3 is 2.50 bits per heavy atom. The number of hydrogen-bond acceptors (Lipinski definition) is 3. The Kier molecular flexibility index (Phi) is 4.46. The number of ether oxygens (including phenoxy) is 1. The molecule has 1 unspecified atom stereocenters. The number of nitrogens with one attached hydrogen (secondary N) is 1. The molecule has 3 rings (SSSR count). The molecule has 1 aliphatic carbocycles. The lowest BCUT2D eigenvalue weighted by Crippen LogP contribution is -2.36. The topological polar surface area (TPSA) is 24.5 Å². The summed E-state index contributed by atoms with van der Waals surface area (Å²) in [5.41, 5.74) is 2.55. The predicted molar refractivity (Wildman–Crippen MR) is 84.5 cm³/mol. The van der Waals surface area contributed by atoms with Crippen molar-refractivity contribution in [1.29, 1.82) is 0 Å². The average Bonchev–Trinajstić information content (AvgIpc) is 2.45. The fraction of sp³-hybridized carbons (Fsp3) is 0.647. The monoisotopic (exact) mass is 274 g/mol. The Balaban J connectivity index is 1.52. The molecule has 110 valence electrons. The zero-order valence-corrected chi connectivity index (χ0v) is 12.5. The van der Waals surface area contributed by atoms with E-state index in [4.69, 9.17) is 4.74 Å². The molecule has 1 N–H and O–H groups in total. The number of morpholine rings is 1. The van der Waals surface area contributed by atoms with Crippen molar-refractivity contribution in [3.63, 3.8) is 0 Å². The molecule has 1 saturated heterocycles. The van der Waals surface area contributed by atoms with Crippen LogP contribution in [0.2, 0.25) is 0 Å². The highest BCUT2D eigenvalue weighted by molar-refractivity contribution is 5.55. The molecule has 0 aromatic heterocycles. The van der Waals surface area contributed by atoms with Crippen molar-refractivity contribution in [2.75, 3.05) is 36.5 Å². The van der Waals surface area contributed by atoms with Crippen LogP contribution >= 0.6 is 0 Å². The fourth-order valence-electron chi connectivity index (χ4n) is 3.16. The minimum Gasteiger partial charge on any atom is -0.383 e. The van der Waals surface area contributed by atoms with E-state index in [0.29, 0.717) is 6.04 Å². The van der Waals surface area contributed by atoms with E-state index in [9.17, 15) is 0 Å². The number of hydrogen-bond donors (Lipinski definition) is 1.